The van der Waals surface area contributed by atoms with Crippen molar-refractivity contribution in [3.63, 3.8) is 0 Å². The van der Waals surface area contributed by atoms with Crippen LogP contribution in [0.25, 0.3) is 0 Å². The molecule has 3 rings (SSSR count). The third kappa shape index (κ3) is 4.73. The number of anilines is 4. The predicted molar refractivity (Wildman–Crippen MR) is 113 cm³/mol. The van der Waals surface area contributed by atoms with Gasteiger partial charge in [0.25, 0.3) is 0 Å². The van der Waals surface area contributed by atoms with Gasteiger partial charge in [0.15, 0.2) is 0 Å². The van der Waals surface area contributed by atoms with E-state index in [0.29, 0.717) is 5.69 Å². The highest BCUT2D eigenvalue weighted by Gasteiger charge is 2.35. The quantitative estimate of drug-likeness (QED) is 0.427. The van der Waals surface area contributed by atoms with Crippen molar-refractivity contribution in [1.82, 2.24) is 9.97 Å². The first-order valence-corrected chi connectivity index (χ1v) is 9.65. The molecular weight excluding hydrogens is 480 g/mol. The summed E-state index contributed by atoms with van der Waals surface area (Å²) in [6, 6.07) is 14.8. The van der Waals surface area contributed by atoms with Gasteiger partial charge in [-0.25, -0.2) is 4.98 Å². The summed E-state index contributed by atoms with van der Waals surface area (Å²) < 4.78 is 41.4. The summed E-state index contributed by atoms with van der Waals surface area (Å²) in [7, 11) is 1.71. The fraction of sp³-hybridized carbons (Fsp3) is 0.200. The van der Waals surface area contributed by atoms with Crippen LogP contribution in [-0.4, -0.2) is 17.0 Å². The van der Waals surface area contributed by atoms with Crippen LogP contribution in [0, 0.1) is 3.57 Å². The fourth-order valence-electron chi connectivity index (χ4n) is 2.58. The SMILES string of the molecule is CCc1ccc(Nc2nc(N(C)c3ccc(I)cc3)ncc2C(F)(F)F)cc1. The van der Waals surface area contributed by atoms with Crippen LogP contribution in [0.5, 0.6) is 0 Å². The molecule has 8 heteroatoms. The van der Waals surface area contributed by atoms with Crippen LogP contribution < -0.4 is 10.2 Å². The molecule has 3 aromatic rings. The van der Waals surface area contributed by atoms with E-state index in [1.165, 1.54) is 0 Å². The smallest absolute Gasteiger partial charge is 0.340 e. The third-order valence-electron chi connectivity index (χ3n) is 4.22. The minimum Gasteiger partial charge on any atom is -0.340 e. The molecule has 1 aromatic heterocycles. The van der Waals surface area contributed by atoms with E-state index in [1.807, 2.05) is 43.3 Å². The van der Waals surface area contributed by atoms with Crippen molar-refractivity contribution in [3.05, 3.63) is 69.4 Å². The molecule has 0 aliphatic heterocycles. The van der Waals surface area contributed by atoms with Crippen molar-refractivity contribution >= 4 is 45.7 Å². The Morgan fingerprint density at radius 1 is 1.04 bits per heavy atom. The van der Waals surface area contributed by atoms with Gasteiger partial charge in [-0.1, -0.05) is 19.1 Å². The number of halogens is 4. The maximum atomic E-state index is 13.4. The van der Waals surface area contributed by atoms with E-state index in [9.17, 15) is 13.2 Å². The van der Waals surface area contributed by atoms with E-state index in [-0.39, 0.29) is 11.8 Å². The second-order valence-corrected chi connectivity index (χ2v) is 7.39. The summed E-state index contributed by atoms with van der Waals surface area (Å²) in [5.74, 6) is -0.110. The molecule has 0 spiro atoms. The average Bonchev–Trinajstić information content (AvgIpc) is 2.68. The molecule has 28 heavy (non-hydrogen) atoms. The van der Waals surface area contributed by atoms with Crippen molar-refractivity contribution in [2.24, 2.45) is 0 Å². The molecule has 0 amide bonds. The first-order valence-electron chi connectivity index (χ1n) is 8.57. The number of hydrogen-bond acceptors (Lipinski definition) is 4. The Bertz CT molecular complexity index is 941. The van der Waals surface area contributed by atoms with Gasteiger partial charge in [0.05, 0.1) is 0 Å². The first-order chi connectivity index (χ1) is 13.3. The van der Waals surface area contributed by atoms with E-state index in [2.05, 4.69) is 37.9 Å². The molecule has 0 aliphatic rings. The summed E-state index contributed by atoms with van der Waals surface area (Å²) in [6.45, 7) is 2.02. The van der Waals surface area contributed by atoms with Gasteiger partial charge in [-0.3, -0.25) is 0 Å². The van der Waals surface area contributed by atoms with Crippen LogP contribution in [0.2, 0.25) is 0 Å². The van der Waals surface area contributed by atoms with Gasteiger partial charge in [-0.15, -0.1) is 0 Å². The molecule has 0 saturated carbocycles. The Labute approximate surface area is 175 Å². The monoisotopic (exact) mass is 498 g/mol. The van der Waals surface area contributed by atoms with Crippen LogP contribution in [0.1, 0.15) is 18.1 Å². The molecule has 1 N–H and O–H groups in total. The van der Waals surface area contributed by atoms with Crippen molar-refractivity contribution < 1.29 is 13.2 Å². The maximum Gasteiger partial charge on any atom is 0.421 e. The number of rotatable bonds is 5. The van der Waals surface area contributed by atoms with E-state index < -0.39 is 11.7 Å². The summed E-state index contributed by atoms with van der Waals surface area (Å²) in [4.78, 5) is 9.72. The normalized spacial score (nSPS) is 11.4. The van der Waals surface area contributed by atoms with Crippen LogP contribution in [0.3, 0.4) is 0 Å². The molecule has 0 bridgehead atoms. The van der Waals surface area contributed by atoms with Gasteiger partial charge in [0, 0.05) is 28.2 Å². The van der Waals surface area contributed by atoms with Crippen molar-refractivity contribution in [3.8, 4) is 0 Å². The largest absolute Gasteiger partial charge is 0.421 e. The van der Waals surface area contributed by atoms with E-state index in [1.54, 1.807) is 24.1 Å². The molecule has 0 atom stereocenters. The van der Waals surface area contributed by atoms with Crippen molar-refractivity contribution in [2.75, 3.05) is 17.3 Å². The van der Waals surface area contributed by atoms with Crippen LogP contribution in [0.4, 0.5) is 36.3 Å². The summed E-state index contributed by atoms with van der Waals surface area (Å²) in [5.41, 5.74) is 1.50. The lowest BCUT2D eigenvalue weighted by Gasteiger charge is -2.20. The van der Waals surface area contributed by atoms with Crippen LogP contribution in [0.15, 0.2) is 54.7 Å². The molecule has 1 heterocycles. The van der Waals surface area contributed by atoms with Crippen molar-refractivity contribution in [1.29, 1.82) is 0 Å². The number of nitrogens with zero attached hydrogens (tertiary/aromatic N) is 3. The molecular formula is C20H18F3IN4. The average molecular weight is 498 g/mol. The van der Waals surface area contributed by atoms with Gasteiger partial charge in [-0.2, -0.15) is 18.2 Å². The Morgan fingerprint density at radius 3 is 2.25 bits per heavy atom. The van der Waals surface area contributed by atoms with Gasteiger partial charge in [0.1, 0.15) is 11.4 Å². The van der Waals surface area contributed by atoms with Gasteiger partial charge in [0.2, 0.25) is 5.95 Å². The molecule has 0 unspecified atom stereocenters. The highest BCUT2D eigenvalue weighted by atomic mass is 127. The van der Waals surface area contributed by atoms with Crippen LogP contribution in [-0.2, 0) is 12.6 Å². The van der Waals surface area contributed by atoms with Gasteiger partial charge >= 0.3 is 6.18 Å². The zero-order valence-electron chi connectivity index (χ0n) is 15.3. The number of nitrogens with one attached hydrogen (secondary N) is 1. The van der Waals surface area contributed by atoms with Gasteiger partial charge < -0.3 is 10.2 Å². The number of aryl methyl sites for hydroxylation is 1. The lowest BCUT2D eigenvalue weighted by molar-refractivity contribution is -0.137. The summed E-state index contributed by atoms with van der Waals surface area (Å²) in [6.07, 6.45) is -2.90. The molecule has 4 nitrogen and oxygen atoms in total. The Balaban J connectivity index is 1.97. The molecule has 0 aliphatic carbocycles. The van der Waals surface area contributed by atoms with Crippen molar-refractivity contribution in [2.45, 2.75) is 19.5 Å². The van der Waals surface area contributed by atoms with Gasteiger partial charge in [-0.05, 0) is 71.0 Å². The highest BCUT2D eigenvalue weighted by molar-refractivity contribution is 14.1. The maximum absolute atomic E-state index is 13.4. The third-order valence-corrected chi connectivity index (χ3v) is 4.94. The Morgan fingerprint density at radius 2 is 1.68 bits per heavy atom. The Kier molecular flexibility index (Phi) is 6.07. The molecule has 0 radical (unpaired) electrons. The minimum atomic E-state index is -4.56. The molecule has 0 fully saturated rings. The lowest BCUT2D eigenvalue weighted by atomic mass is 10.1. The summed E-state index contributed by atoms with van der Waals surface area (Å²) in [5, 5.41) is 2.79. The number of aromatic nitrogens is 2. The summed E-state index contributed by atoms with van der Waals surface area (Å²) >= 11 is 2.19. The van der Waals surface area contributed by atoms with E-state index in [4.69, 9.17) is 0 Å². The second kappa shape index (κ2) is 8.34. The molecule has 2 aromatic carbocycles. The number of alkyl halides is 3. The van der Waals surface area contributed by atoms with E-state index in [0.717, 1.165) is 27.4 Å². The van der Waals surface area contributed by atoms with Crippen LogP contribution >= 0.6 is 22.6 Å². The zero-order chi connectivity index (χ0) is 20.3. The zero-order valence-corrected chi connectivity index (χ0v) is 17.4. The predicted octanol–water partition coefficient (Wildman–Crippen LogP) is 6.17. The van der Waals surface area contributed by atoms with E-state index >= 15 is 0 Å². The Hall–Kier alpha value is -2.36. The number of hydrogen-bond donors (Lipinski definition) is 1. The standard InChI is InChI=1S/C20H18F3IN4/c1-3-13-4-8-15(9-5-13)26-18-17(20(21,22)23)12-25-19(27-18)28(2)16-10-6-14(24)7-11-16/h4-12H,3H2,1-2H3,(H,25,26,27). The molecule has 146 valence electrons. The molecule has 0 saturated heterocycles. The fourth-order valence-corrected chi connectivity index (χ4v) is 2.94. The second-order valence-electron chi connectivity index (χ2n) is 6.14. The minimum absolute atomic E-state index is 0.168. The first kappa shape index (κ1) is 20.4. The number of benzene rings is 2. The highest BCUT2D eigenvalue weighted by Crippen LogP contribution is 2.36. The lowest BCUT2D eigenvalue weighted by Crippen LogP contribution is -2.17. The topological polar surface area (TPSA) is 41.1 Å².